The number of para-hydroxylation sites is 2. The Morgan fingerprint density at radius 2 is 1.65 bits per heavy atom. The van der Waals surface area contributed by atoms with Crippen molar-refractivity contribution in [1.82, 2.24) is 9.55 Å². The molecule has 3 aromatic carbocycles. The van der Waals surface area contributed by atoms with Crippen LogP contribution in [0.5, 0.6) is 0 Å². The summed E-state index contributed by atoms with van der Waals surface area (Å²) in [5.74, 6) is -0.0304. The number of thioether (sulfide) groups is 1. The lowest BCUT2D eigenvalue weighted by Crippen LogP contribution is -2.22. The lowest BCUT2D eigenvalue weighted by Gasteiger charge is -2.14. The lowest BCUT2D eigenvalue weighted by atomic mass is 10.2. The summed E-state index contributed by atoms with van der Waals surface area (Å²) in [4.78, 5) is 32.4. The van der Waals surface area contributed by atoms with Gasteiger partial charge in [0.05, 0.1) is 22.3 Å². The quantitative estimate of drug-likeness (QED) is 0.367. The summed E-state index contributed by atoms with van der Waals surface area (Å²) in [5, 5.41) is 3.92. The molecule has 1 heterocycles. The van der Waals surface area contributed by atoms with Gasteiger partial charge < -0.3 is 10.2 Å². The Morgan fingerprint density at radius 1 is 0.968 bits per heavy atom. The zero-order valence-corrected chi connectivity index (χ0v) is 18.1. The molecule has 0 atom stereocenters. The van der Waals surface area contributed by atoms with Crippen LogP contribution in [0.1, 0.15) is 0 Å². The Hall–Kier alpha value is -3.58. The summed E-state index contributed by atoms with van der Waals surface area (Å²) in [5.41, 5.74) is 2.96. The Morgan fingerprint density at radius 3 is 2.35 bits per heavy atom. The maximum absolute atomic E-state index is 13.2. The summed E-state index contributed by atoms with van der Waals surface area (Å²) >= 11 is 1.24. The van der Waals surface area contributed by atoms with Crippen LogP contribution in [0.4, 0.5) is 11.4 Å². The molecule has 0 aliphatic carbocycles. The van der Waals surface area contributed by atoms with E-state index in [2.05, 4.69) is 10.3 Å². The highest BCUT2D eigenvalue weighted by molar-refractivity contribution is 7.99. The van der Waals surface area contributed by atoms with Crippen molar-refractivity contribution in [2.24, 2.45) is 0 Å². The minimum atomic E-state index is -0.162. The first kappa shape index (κ1) is 20.7. The Balaban J connectivity index is 1.59. The van der Waals surface area contributed by atoms with Gasteiger partial charge in [-0.1, -0.05) is 42.1 Å². The first-order chi connectivity index (χ1) is 15.0. The van der Waals surface area contributed by atoms with Crippen LogP contribution >= 0.6 is 11.8 Å². The fraction of sp³-hybridized carbons (Fsp3) is 0.125. The van der Waals surface area contributed by atoms with E-state index in [4.69, 9.17) is 0 Å². The smallest absolute Gasteiger partial charge is 0.266 e. The van der Waals surface area contributed by atoms with Crippen molar-refractivity contribution in [3.8, 4) is 5.69 Å². The van der Waals surface area contributed by atoms with E-state index in [1.165, 1.54) is 11.8 Å². The zero-order chi connectivity index (χ0) is 21.8. The van der Waals surface area contributed by atoms with E-state index in [-0.39, 0.29) is 17.2 Å². The Kier molecular flexibility index (Phi) is 6.04. The van der Waals surface area contributed by atoms with Gasteiger partial charge in [0.15, 0.2) is 5.16 Å². The molecule has 7 heteroatoms. The largest absolute Gasteiger partial charge is 0.378 e. The normalized spacial score (nSPS) is 10.8. The summed E-state index contributed by atoms with van der Waals surface area (Å²) in [7, 11) is 3.93. The van der Waals surface area contributed by atoms with E-state index in [0.29, 0.717) is 21.7 Å². The average Bonchev–Trinajstić information content (AvgIpc) is 2.79. The number of amides is 1. The van der Waals surface area contributed by atoms with Crippen molar-refractivity contribution in [2.45, 2.75) is 5.16 Å². The zero-order valence-electron chi connectivity index (χ0n) is 17.3. The average molecular weight is 431 g/mol. The van der Waals surface area contributed by atoms with E-state index in [1.54, 1.807) is 10.6 Å². The second kappa shape index (κ2) is 9.06. The fourth-order valence-electron chi connectivity index (χ4n) is 3.18. The van der Waals surface area contributed by atoms with Crippen LogP contribution in [0.15, 0.2) is 88.8 Å². The molecule has 0 saturated carbocycles. The number of rotatable bonds is 6. The minimum absolute atomic E-state index is 0.132. The van der Waals surface area contributed by atoms with Crippen LogP contribution in [-0.2, 0) is 4.79 Å². The maximum Gasteiger partial charge on any atom is 0.266 e. The first-order valence-corrected chi connectivity index (χ1v) is 10.8. The number of carbonyl (C=O) groups excluding carboxylic acids is 1. The van der Waals surface area contributed by atoms with Gasteiger partial charge in [0.25, 0.3) is 5.56 Å². The van der Waals surface area contributed by atoms with E-state index in [9.17, 15) is 9.59 Å². The third-order valence-electron chi connectivity index (χ3n) is 4.76. The van der Waals surface area contributed by atoms with Crippen LogP contribution in [0.25, 0.3) is 16.6 Å². The van der Waals surface area contributed by atoms with Gasteiger partial charge in [-0.2, -0.15) is 0 Å². The number of aromatic nitrogens is 2. The number of nitrogens with one attached hydrogen (secondary N) is 1. The summed E-state index contributed by atoms with van der Waals surface area (Å²) < 4.78 is 1.56. The van der Waals surface area contributed by atoms with E-state index < -0.39 is 0 Å². The molecule has 156 valence electrons. The molecule has 0 bridgehead atoms. The summed E-state index contributed by atoms with van der Waals surface area (Å²) in [6.07, 6.45) is 0. The molecule has 1 N–H and O–H groups in total. The lowest BCUT2D eigenvalue weighted by molar-refractivity contribution is -0.113. The number of benzene rings is 3. The molecule has 6 nitrogen and oxygen atoms in total. The third kappa shape index (κ3) is 4.62. The first-order valence-electron chi connectivity index (χ1n) is 9.80. The van der Waals surface area contributed by atoms with E-state index in [1.807, 2.05) is 91.8 Å². The van der Waals surface area contributed by atoms with Crippen LogP contribution in [0.3, 0.4) is 0 Å². The van der Waals surface area contributed by atoms with Crippen molar-refractivity contribution in [1.29, 1.82) is 0 Å². The van der Waals surface area contributed by atoms with Crippen molar-refractivity contribution in [3.63, 3.8) is 0 Å². The molecule has 0 unspecified atom stereocenters. The molecule has 31 heavy (non-hydrogen) atoms. The Bertz CT molecular complexity index is 1270. The SMILES string of the molecule is CN(C)c1ccc(NC(=O)CSc2nc3ccccc3c(=O)n2-c2ccccc2)cc1. The molecular formula is C24H22N4O2S. The summed E-state index contributed by atoms with van der Waals surface area (Å²) in [6, 6.07) is 24.2. The number of hydrogen-bond acceptors (Lipinski definition) is 5. The molecule has 4 rings (SSSR count). The van der Waals surface area contributed by atoms with Gasteiger partial charge in [-0.15, -0.1) is 0 Å². The number of fused-ring (bicyclic) bond motifs is 1. The molecule has 0 radical (unpaired) electrons. The molecule has 0 saturated heterocycles. The second-order valence-corrected chi connectivity index (χ2v) is 8.11. The number of nitrogens with zero attached hydrogens (tertiary/aromatic N) is 3. The highest BCUT2D eigenvalue weighted by atomic mass is 32.2. The monoisotopic (exact) mass is 430 g/mol. The molecule has 0 spiro atoms. The highest BCUT2D eigenvalue weighted by Gasteiger charge is 2.14. The van der Waals surface area contributed by atoms with Crippen LogP contribution in [-0.4, -0.2) is 35.3 Å². The second-order valence-electron chi connectivity index (χ2n) is 7.17. The minimum Gasteiger partial charge on any atom is -0.378 e. The van der Waals surface area contributed by atoms with Crippen molar-refractivity contribution in [2.75, 3.05) is 30.1 Å². The standard InChI is InChI=1S/C24H22N4O2S/c1-27(2)18-14-12-17(13-15-18)25-22(29)16-31-24-26-21-11-7-6-10-20(21)23(30)28(24)19-8-4-3-5-9-19/h3-15H,16H2,1-2H3,(H,25,29). The van der Waals surface area contributed by atoms with Crippen molar-refractivity contribution < 1.29 is 4.79 Å². The van der Waals surface area contributed by atoms with Gasteiger partial charge in [-0.25, -0.2) is 4.98 Å². The van der Waals surface area contributed by atoms with Gasteiger partial charge in [-0.05, 0) is 48.5 Å². The molecule has 1 aromatic heterocycles. The van der Waals surface area contributed by atoms with Crippen LogP contribution in [0, 0.1) is 0 Å². The molecule has 4 aromatic rings. The molecule has 0 fully saturated rings. The molecular weight excluding hydrogens is 408 g/mol. The topological polar surface area (TPSA) is 67.2 Å². The van der Waals surface area contributed by atoms with Gasteiger partial charge in [0.2, 0.25) is 5.91 Å². The van der Waals surface area contributed by atoms with Gasteiger partial charge in [0.1, 0.15) is 0 Å². The highest BCUT2D eigenvalue weighted by Crippen LogP contribution is 2.22. The van der Waals surface area contributed by atoms with E-state index in [0.717, 1.165) is 11.4 Å². The Labute approximate surface area is 184 Å². The van der Waals surface area contributed by atoms with Crippen molar-refractivity contribution >= 4 is 39.9 Å². The molecule has 0 aliphatic heterocycles. The predicted molar refractivity (Wildman–Crippen MR) is 127 cm³/mol. The molecule has 0 aliphatic rings. The summed E-state index contributed by atoms with van der Waals surface area (Å²) in [6.45, 7) is 0. The van der Waals surface area contributed by atoms with Crippen LogP contribution < -0.4 is 15.8 Å². The fourth-order valence-corrected chi connectivity index (χ4v) is 4.00. The van der Waals surface area contributed by atoms with E-state index >= 15 is 0 Å². The van der Waals surface area contributed by atoms with Crippen molar-refractivity contribution in [3.05, 3.63) is 89.2 Å². The van der Waals surface area contributed by atoms with Crippen LogP contribution in [0.2, 0.25) is 0 Å². The molecule has 1 amide bonds. The maximum atomic E-state index is 13.2. The van der Waals surface area contributed by atoms with Gasteiger partial charge >= 0.3 is 0 Å². The number of hydrogen-bond donors (Lipinski definition) is 1. The van der Waals surface area contributed by atoms with Gasteiger partial charge in [-0.3, -0.25) is 14.2 Å². The number of anilines is 2. The predicted octanol–water partition coefficient (Wildman–Crippen LogP) is 4.18. The van der Waals surface area contributed by atoms with Gasteiger partial charge in [0, 0.05) is 25.5 Å². The third-order valence-corrected chi connectivity index (χ3v) is 5.70. The number of carbonyl (C=O) groups is 1.